The second-order valence-electron chi connectivity index (χ2n) is 5.95. The number of hydrogen-bond donors (Lipinski definition) is 2. The van der Waals surface area contributed by atoms with Crippen LogP contribution in [0.5, 0.6) is 0 Å². The minimum absolute atomic E-state index is 0.659. The van der Waals surface area contributed by atoms with Crippen molar-refractivity contribution in [1.29, 1.82) is 0 Å². The maximum Gasteiger partial charge on any atom is 0.193 e. The normalized spacial score (nSPS) is 12.1. The van der Waals surface area contributed by atoms with Gasteiger partial charge in [-0.2, -0.15) is 0 Å². The predicted molar refractivity (Wildman–Crippen MR) is 103 cm³/mol. The Hall–Kier alpha value is -2.24. The molecule has 134 valence electrons. The average Bonchev–Trinajstić information content (AvgIpc) is 2.55. The van der Waals surface area contributed by atoms with Crippen LogP contribution in [0.4, 0.5) is 0 Å². The largest absolute Gasteiger partial charge is 0.357 e. The first-order valence-electron chi connectivity index (χ1n) is 8.47. The fourth-order valence-electron chi connectivity index (χ4n) is 2.19. The molecule has 0 saturated heterocycles. The molecule has 0 amide bonds. The lowest BCUT2D eigenvalue weighted by Gasteiger charge is -2.17. The van der Waals surface area contributed by atoms with E-state index in [1.807, 2.05) is 38.0 Å². The van der Waals surface area contributed by atoms with Gasteiger partial charge in [-0.05, 0) is 25.0 Å². The third kappa shape index (κ3) is 6.89. The minimum atomic E-state index is 0.659. The van der Waals surface area contributed by atoms with Crippen molar-refractivity contribution in [2.45, 2.75) is 26.9 Å². The van der Waals surface area contributed by atoms with E-state index in [0.717, 1.165) is 25.0 Å². The Morgan fingerprint density at radius 3 is 1.58 bits per heavy atom. The van der Waals surface area contributed by atoms with Crippen molar-refractivity contribution in [3.63, 3.8) is 0 Å². The molecule has 0 fully saturated rings. The molecule has 0 saturated carbocycles. The molecule has 0 unspecified atom stereocenters. The number of nitrogens with one attached hydrogen (secondary N) is 2. The highest BCUT2D eigenvalue weighted by atomic mass is 15.3. The Labute approximate surface area is 146 Å². The first-order valence-corrected chi connectivity index (χ1v) is 8.47. The third-order valence-corrected chi connectivity index (χ3v) is 3.33. The predicted octanol–water partition coefficient (Wildman–Crippen LogP) is 1.74. The van der Waals surface area contributed by atoms with Gasteiger partial charge in [0.2, 0.25) is 0 Å². The summed E-state index contributed by atoms with van der Waals surface area (Å²) in [5, 5.41) is 6.55. The number of hydrogen-bond acceptors (Lipinski definition) is 2. The van der Waals surface area contributed by atoms with Gasteiger partial charge in [0, 0.05) is 41.3 Å². The highest BCUT2D eigenvalue weighted by Crippen LogP contribution is 2.08. The van der Waals surface area contributed by atoms with Crippen LogP contribution in [0.3, 0.4) is 0 Å². The van der Waals surface area contributed by atoms with E-state index in [1.165, 1.54) is 11.1 Å². The lowest BCUT2D eigenvalue weighted by atomic mass is 10.1. The van der Waals surface area contributed by atoms with Crippen LogP contribution in [-0.2, 0) is 13.1 Å². The van der Waals surface area contributed by atoms with E-state index >= 15 is 0 Å². The van der Waals surface area contributed by atoms with Crippen LogP contribution in [-0.4, -0.2) is 63.0 Å². The molecule has 0 aliphatic rings. The Morgan fingerprint density at radius 2 is 1.25 bits per heavy atom. The van der Waals surface area contributed by atoms with E-state index in [9.17, 15) is 0 Å². The summed E-state index contributed by atoms with van der Waals surface area (Å²) in [7, 11) is 7.98. The van der Waals surface area contributed by atoms with Crippen molar-refractivity contribution in [3.05, 3.63) is 35.4 Å². The zero-order valence-corrected chi connectivity index (χ0v) is 15.9. The molecular formula is C18H32N6. The van der Waals surface area contributed by atoms with Crippen LogP contribution >= 0.6 is 0 Å². The number of benzene rings is 1. The summed E-state index contributed by atoms with van der Waals surface area (Å²) in [5.41, 5.74) is 2.38. The van der Waals surface area contributed by atoms with Gasteiger partial charge < -0.3 is 20.4 Å². The van der Waals surface area contributed by atoms with E-state index in [2.05, 4.69) is 58.7 Å². The van der Waals surface area contributed by atoms with Crippen LogP contribution in [0.1, 0.15) is 25.0 Å². The van der Waals surface area contributed by atoms with Crippen molar-refractivity contribution in [3.8, 4) is 0 Å². The van der Waals surface area contributed by atoms with Gasteiger partial charge in [-0.3, -0.25) is 0 Å². The van der Waals surface area contributed by atoms with Crippen LogP contribution in [0.25, 0.3) is 0 Å². The standard InChI is InChI=1S/C18H32N6/c1-7-19-17(23(3)4)21-13-15-10-9-11-16(12-15)14-22-18(20-8-2)24(5)6/h9-12H,7-8,13-14H2,1-6H3,(H,19,21)(H,20,22). The minimum Gasteiger partial charge on any atom is -0.357 e. The molecule has 6 heteroatoms. The molecule has 0 aliphatic carbocycles. The topological polar surface area (TPSA) is 55.3 Å². The van der Waals surface area contributed by atoms with E-state index in [1.54, 1.807) is 0 Å². The summed E-state index contributed by atoms with van der Waals surface area (Å²) in [6.45, 7) is 7.19. The SMILES string of the molecule is CCNC(=NCc1cccc(CN=C(NCC)N(C)C)c1)N(C)C. The van der Waals surface area contributed by atoms with Gasteiger partial charge >= 0.3 is 0 Å². The monoisotopic (exact) mass is 332 g/mol. The Morgan fingerprint density at radius 1 is 0.833 bits per heavy atom. The lowest BCUT2D eigenvalue weighted by Crippen LogP contribution is -2.36. The fraction of sp³-hybridized carbons (Fsp3) is 0.556. The average molecular weight is 332 g/mol. The summed E-state index contributed by atoms with van der Waals surface area (Å²) < 4.78 is 0. The molecular weight excluding hydrogens is 300 g/mol. The van der Waals surface area contributed by atoms with Gasteiger partial charge in [0.25, 0.3) is 0 Å². The highest BCUT2D eigenvalue weighted by Gasteiger charge is 2.02. The van der Waals surface area contributed by atoms with Crippen molar-refractivity contribution in [2.75, 3.05) is 41.3 Å². The highest BCUT2D eigenvalue weighted by molar-refractivity contribution is 5.79. The van der Waals surface area contributed by atoms with Crippen LogP contribution < -0.4 is 10.6 Å². The van der Waals surface area contributed by atoms with Gasteiger partial charge in [-0.1, -0.05) is 24.3 Å². The molecule has 0 atom stereocenters. The molecule has 0 aromatic heterocycles. The maximum atomic E-state index is 4.65. The van der Waals surface area contributed by atoms with Crippen molar-refractivity contribution in [1.82, 2.24) is 20.4 Å². The van der Waals surface area contributed by atoms with Crippen molar-refractivity contribution < 1.29 is 0 Å². The summed E-state index contributed by atoms with van der Waals surface area (Å²) in [5.74, 6) is 1.81. The van der Waals surface area contributed by atoms with Crippen molar-refractivity contribution >= 4 is 11.9 Å². The molecule has 6 nitrogen and oxygen atoms in total. The summed E-state index contributed by atoms with van der Waals surface area (Å²) in [6.07, 6.45) is 0. The molecule has 2 N–H and O–H groups in total. The number of aliphatic imine (C=N–C) groups is 2. The smallest absolute Gasteiger partial charge is 0.193 e. The molecule has 1 rings (SSSR count). The molecule has 24 heavy (non-hydrogen) atoms. The first kappa shape index (κ1) is 19.8. The molecule has 0 aliphatic heterocycles. The van der Waals surface area contributed by atoms with Gasteiger partial charge in [-0.25, -0.2) is 9.98 Å². The van der Waals surface area contributed by atoms with E-state index < -0.39 is 0 Å². The quantitative estimate of drug-likeness (QED) is 0.615. The fourth-order valence-corrected chi connectivity index (χ4v) is 2.19. The summed E-state index contributed by atoms with van der Waals surface area (Å²) in [6, 6.07) is 8.45. The lowest BCUT2D eigenvalue weighted by molar-refractivity contribution is 0.583. The maximum absolute atomic E-state index is 4.65. The summed E-state index contributed by atoms with van der Waals surface area (Å²) >= 11 is 0. The van der Waals surface area contributed by atoms with Gasteiger partial charge in [0.15, 0.2) is 11.9 Å². The van der Waals surface area contributed by atoms with Crippen LogP contribution in [0.2, 0.25) is 0 Å². The van der Waals surface area contributed by atoms with Crippen molar-refractivity contribution in [2.24, 2.45) is 9.98 Å². The molecule has 0 radical (unpaired) electrons. The van der Waals surface area contributed by atoms with E-state index in [-0.39, 0.29) is 0 Å². The van der Waals surface area contributed by atoms with Crippen LogP contribution in [0.15, 0.2) is 34.3 Å². The number of nitrogens with zero attached hydrogens (tertiary/aromatic N) is 4. The van der Waals surface area contributed by atoms with Gasteiger partial charge in [0.05, 0.1) is 13.1 Å². The zero-order chi connectivity index (χ0) is 17.9. The van der Waals surface area contributed by atoms with Gasteiger partial charge in [-0.15, -0.1) is 0 Å². The first-order chi connectivity index (χ1) is 11.5. The van der Waals surface area contributed by atoms with E-state index in [0.29, 0.717) is 13.1 Å². The molecule has 0 bridgehead atoms. The van der Waals surface area contributed by atoms with Crippen LogP contribution in [0, 0.1) is 0 Å². The Kier molecular flexibility index (Phi) is 8.68. The number of rotatable bonds is 6. The second-order valence-corrected chi connectivity index (χ2v) is 5.95. The molecule has 1 aromatic carbocycles. The van der Waals surface area contributed by atoms with Gasteiger partial charge in [0.1, 0.15) is 0 Å². The molecule has 1 aromatic rings. The summed E-state index contributed by atoms with van der Waals surface area (Å²) in [4.78, 5) is 13.3. The Balaban J connectivity index is 2.79. The second kappa shape index (κ2) is 10.5. The molecule has 0 spiro atoms. The van der Waals surface area contributed by atoms with E-state index in [4.69, 9.17) is 0 Å². The molecule has 0 heterocycles. The Bertz CT molecular complexity index is 503. The zero-order valence-electron chi connectivity index (χ0n) is 15.9. The third-order valence-electron chi connectivity index (χ3n) is 3.33. The number of guanidine groups is 2.